The number of nitriles is 1. The Morgan fingerprint density at radius 2 is 1.74 bits per heavy atom. The average Bonchev–Trinajstić information content (AvgIpc) is 2.43. The maximum atomic E-state index is 8.94. The Labute approximate surface area is 115 Å². The zero-order valence-corrected chi connectivity index (χ0v) is 12.1. The van der Waals surface area contributed by atoms with E-state index in [1.54, 1.807) is 14.2 Å². The van der Waals surface area contributed by atoms with E-state index >= 15 is 0 Å². The van der Waals surface area contributed by atoms with E-state index in [1.165, 1.54) is 0 Å². The van der Waals surface area contributed by atoms with Crippen LogP contribution in [0, 0.1) is 16.7 Å². The third-order valence-electron chi connectivity index (χ3n) is 2.96. The van der Waals surface area contributed by atoms with Crippen LogP contribution in [0.2, 0.25) is 0 Å². The first-order valence-electron chi connectivity index (χ1n) is 6.39. The second-order valence-corrected chi connectivity index (χ2v) is 5.13. The van der Waals surface area contributed by atoms with Crippen molar-refractivity contribution in [2.75, 3.05) is 26.1 Å². The molecule has 104 valence electrons. The first kappa shape index (κ1) is 15.2. The largest absolute Gasteiger partial charge is 0.497 e. The molecule has 0 aromatic heterocycles. The van der Waals surface area contributed by atoms with Crippen molar-refractivity contribution in [2.24, 2.45) is 5.41 Å². The number of hydrogen-bond acceptors (Lipinski definition) is 4. The molecule has 1 N–H and O–H groups in total. The molecule has 0 spiro atoms. The summed E-state index contributed by atoms with van der Waals surface area (Å²) in [4.78, 5) is 0. The van der Waals surface area contributed by atoms with Crippen LogP contribution < -0.4 is 14.8 Å². The van der Waals surface area contributed by atoms with Crippen molar-refractivity contribution in [3.8, 4) is 17.6 Å². The molecule has 0 fully saturated rings. The maximum absolute atomic E-state index is 8.94. The van der Waals surface area contributed by atoms with Gasteiger partial charge < -0.3 is 14.8 Å². The predicted molar refractivity (Wildman–Crippen MR) is 76.7 cm³/mol. The molecule has 0 heterocycles. The summed E-state index contributed by atoms with van der Waals surface area (Å²) in [5, 5.41) is 12.3. The van der Waals surface area contributed by atoms with Gasteiger partial charge in [-0.15, -0.1) is 0 Å². The lowest BCUT2D eigenvalue weighted by atomic mass is 9.90. The lowest BCUT2D eigenvalue weighted by Crippen LogP contribution is -2.11. The standard InChI is InChI=1S/C15H22N2O2/c1-15(2,11-16)6-5-7-17-12-8-13(18-3)10-14(9-12)19-4/h8-10,17H,5-7H2,1-4H3. The number of benzene rings is 1. The molecule has 0 radical (unpaired) electrons. The predicted octanol–water partition coefficient (Wildman–Crippen LogP) is 3.45. The van der Waals surface area contributed by atoms with Crippen LogP contribution in [0.15, 0.2) is 18.2 Å². The van der Waals surface area contributed by atoms with E-state index in [-0.39, 0.29) is 5.41 Å². The molecule has 0 saturated carbocycles. The molecule has 19 heavy (non-hydrogen) atoms. The quantitative estimate of drug-likeness (QED) is 0.765. The van der Waals surface area contributed by atoms with Gasteiger partial charge in [0, 0.05) is 30.4 Å². The molecular formula is C15H22N2O2. The highest BCUT2D eigenvalue weighted by Gasteiger charge is 2.15. The number of methoxy groups -OCH3 is 2. The Balaban J connectivity index is 2.52. The van der Waals surface area contributed by atoms with Crippen molar-refractivity contribution in [2.45, 2.75) is 26.7 Å². The number of hydrogen-bond donors (Lipinski definition) is 1. The van der Waals surface area contributed by atoms with Crippen molar-refractivity contribution in [3.05, 3.63) is 18.2 Å². The van der Waals surface area contributed by atoms with E-state index in [1.807, 2.05) is 32.0 Å². The van der Waals surface area contributed by atoms with Crippen LogP contribution in [0.4, 0.5) is 5.69 Å². The molecule has 0 aliphatic carbocycles. The van der Waals surface area contributed by atoms with E-state index in [0.29, 0.717) is 0 Å². The Morgan fingerprint density at radius 1 is 1.16 bits per heavy atom. The van der Waals surface area contributed by atoms with Crippen molar-refractivity contribution in [1.82, 2.24) is 0 Å². The molecule has 0 aliphatic rings. The summed E-state index contributed by atoms with van der Waals surface area (Å²) in [6, 6.07) is 8.00. The second-order valence-electron chi connectivity index (χ2n) is 5.13. The van der Waals surface area contributed by atoms with Gasteiger partial charge in [0.05, 0.1) is 25.7 Å². The summed E-state index contributed by atoms with van der Waals surface area (Å²) >= 11 is 0. The molecule has 4 heteroatoms. The number of ether oxygens (including phenoxy) is 2. The van der Waals surface area contributed by atoms with Crippen LogP contribution >= 0.6 is 0 Å². The van der Waals surface area contributed by atoms with Crippen molar-refractivity contribution >= 4 is 5.69 Å². The van der Waals surface area contributed by atoms with Gasteiger partial charge in [-0.3, -0.25) is 0 Å². The lowest BCUT2D eigenvalue weighted by molar-refractivity contribution is 0.394. The maximum Gasteiger partial charge on any atom is 0.124 e. The molecule has 0 saturated heterocycles. The summed E-state index contributed by atoms with van der Waals surface area (Å²) in [6.45, 7) is 4.74. The Hall–Kier alpha value is -1.89. The zero-order valence-electron chi connectivity index (χ0n) is 12.1. The molecule has 0 atom stereocenters. The van der Waals surface area contributed by atoms with Crippen molar-refractivity contribution in [3.63, 3.8) is 0 Å². The fourth-order valence-corrected chi connectivity index (χ4v) is 1.73. The highest BCUT2D eigenvalue weighted by molar-refractivity contribution is 5.53. The lowest BCUT2D eigenvalue weighted by Gasteiger charge is -2.15. The summed E-state index contributed by atoms with van der Waals surface area (Å²) in [5.74, 6) is 1.53. The van der Waals surface area contributed by atoms with Gasteiger partial charge in [0.1, 0.15) is 11.5 Å². The highest BCUT2D eigenvalue weighted by Crippen LogP contribution is 2.26. The number of nitrogens with zero attached hydrogens (tertiary/aromatic N) is 1. The Bertz CT molecular complexity index is 428. The van der Waals surface area contributed by atoms with E-state index < -0.39 is 0 Å². The van der Waals surface area contributed by atoms with Crippen LogP contribution in [-0.4, -0.2) is 20.8 Å². The van der Waals surface area contributed by atoms with Crippen molar-refractivity contribution < 1.29 is 9.47 Å². The highest BCUT2D eigenvalue weighted by atomic mass is 16.5. The molecule has 0 bridgehead atoms. The van der Waals surface area contributed by atoms with Crippen LogP contribution in [0.25, 0.3) is 0 Å². The van der Waals surface area contributed by atoms with E-state index in [0.717, 1.165) is 36.6 Å². The van der Waals surface area contributed by atoms with Gasteiger partial charge in [0.15, 0.2) is 0 Å². The molecule has 4 nitrogen and oxygen atoms in total. The minimum atomic E-state index is -0.256. The fraction of sp³-hybridized carbons (Fsp3) is 0.533. The average molecular weight is 262 g/mol. The third kappa shape index (κ3) is 5.09. The minimum absolute atomic E-state index is 0.256. The minimum Gasteiger partial charge on any atom is -0.497 e. The van der Waals surface area contributed by atoms with Crippen molar-refractivity contribution in [1.29, 1.82) is 5.26 Å². The molecule has 1 rings (SSSR count). The smallest absolute Gasteiger partial charge is 0.124 e. The summed E-state index contributed by atoms with van der Waals surface area (Å²) in [5.41, 5.74) is 0.708. The van der Waals surface area contributed by atoms with E-state index in [9.17, 15) is 0 Å². The normalized spacial score (nSPS) is 10.7. The summed E-state index contributed by atoms with van der Waals surface area (Å²) in [6.07, 6.45) is 1.82. The third-order valence-corrected chi connectivity index (χ3v) is 2.96. The van der Waals surface area contributed by atoms with Gasteiger partial charge in [-0.2, -0.15) is 5.26 Å². The summed E-state index contributed by atoms with van der Waals surface area (Å²) < 4.78 is 10.4. The van der Waals surface area contributed by atoms with Gasteiger partial charge >= 0.3 is 0 Å². The SMILES string of the molecule is COc1cc(NCCCC(C)(C)C#N)cc(OC)c1. The van der Waals surface area contributed by atoms with Crippen LogP contribution in [0.3, 0.4) is 0 Å². The second kappa shape index (κ2) is 6.89. The first-order valence-corrected chi connectivity index (χ1v) is 6.39. The Morgan fingerprint density at radius 3 is 2.21 bits per heavy atom. The van der Waals surface area contributed by atoms with Crippen LogP contribution in [0.1, 0.15) is 26.7 Å². The number of rotatable bonds is 7. The topological polar surface area (TPSA) is 54.3 Å². The van der Waals surface area contributed by atoms with Gasteiger partial charge in [-0.25, -0.2) is 0 Å². The Kier molecular flexibility index (Phi) is 5.50. The zero-order chi connectivity index (χ0) is 14.3. The monoisotopic (exact) mass is 262 g/mol. The fourth-order valence-electron chi connectivity index (χ4n) is 1.73. The van der Waals surface area contributed by atoms with Crippen LogP contribution in [-0.2, 0) is 0 Å². The van der Waals surface area contributed by atoms with Gasteiger partial charge in [0.25, 0.3) is 0 Å². The first-order chi connectivity index (χ1) is 9.00. The van der Waals surface area contributed by atoms with Gasteiger partial charge in [0.2, 0.25) is 0 Å². The number of anilines is 1. The van der Waals surface area contributed by atoms with Gasteiger partial charge in [-0.05, 0) is 26.7 Å². The molecule has 1 aromatic rings. The van der Waals surface area contributed by atoms with Crippen LogP contribution in [0.5, 0.6) is 11.5 Å². The molecule has 0 aliphatic heterocycles. The van der Waals surface area contributed by atoms with E-state index in [2.05, 4.69) is 11.4 Å². The number of nitrogens with one attached hydrogen (secondary N) is 1. The summed E-state index contributed by atoms with van der Waals surface area (Å²) in [7, 11) is 3.27. The molecular weight excluding hydrogens is 240 g/mol. The molecule has 0 amide bonds. The van der Waals surface area contributed by atoms with E-state index in [4.69, 9.17) is 14.7 Å². The molecule has 0 unspecified atom stereocenters. The molecule has 1 aromatic carbocycles. The van der Waals surface area contributed by atoms with Gasteiger partial charge in [-0.1, -0.05) is 0 Å².